The van der Waals surface area contributed by atoms with Crippen molar-refractivity contribution in [2.45, 2.75) is 32.6 Å². The lowest BCUT2D eigenvalue weighted by Gasteiger charge is -2.28. The maximum absolute atomic E-state index is 2.39. The van der Waals surface area contributed by atoms with E-state index in [0.717, 1.165) is 0 Å². The fourth-order valence-corrected chi connectivity index (χ4v) is 4.03. The fraction of sp³-hybridized carbons (Fsp3) is 1.00. The molecule has 0 amide bonds. The number of rotatable bonds is 1. The summed E-state index contributed by atoms with van der Waals surface area (Å²) in [5.41, 5.74) is 0. The summed E-state index contributed by atoms with van der Waals surface area (Å²) >= 11 is 0. The predicted molar refractivity (Wildman–Crippen MR) is 41.6 cm³/mol. The van der Waals surface area contributed by atoms with Crippen molar-refractivity contribution >= 4 is 0 Å². The molecule has 0 aromatic rings. The van der Waals surface area contributed by atoms with Crippen molar-refractivity contribution in [2.75, 3.05) is 0 Å². The van der Waals surface area contributed by atoms with Gasteiger partial charge in [-0.3, -0.25) is 0 Å². The van der Waals surface area contributed by atoms with Crippen LogP contribution in [0.4, 0.5) is 0 Å². The van der Waals surface area contributed by atoms with Crippen molar-refractivity contribution in [1.82, 2.24) is 0 Å². The van der Waals surface area contributed by atoms with Crippen molar-refractivity contribution in [1.29, 1.82) is 0 Å². The second-order valence-corrected chi connectivity index (χ2v) is 4.55. The third kappa shape index (κ3) is 0.466. The molecule has 10 heavy (non-hydrogen) atoms. The molecule has 4 rings (SSSR count). The summed E-state index contributed by atoms with van der Waals surface area (Å²) in [7, 11) is 0. The minimum absolute atomic E-state index is 1.17. The summed E-state index contributed by atoms with van der Waals surface area (Å²) < 4.78 is 0. The van der Waals surface area contributed by atoms with Crippen LogP contribution in [-0.2, 0) is 0 Å². The van der Waals surface area contributed by atoms with Crippen molar-refractivity contribution in [3.8, 4) is 0 Å². The smallest absolute Gasteiger partial charge is 0.0321 e. The highest BCUT2D eigenvalue weighted by atomic mass is 14.7. The molecule has 0 radical (unpaired) electrons. The molecule has 0 heterocycles. The Hall–Kier alpha value is 0. The molecular formula is C10H16. The van der Waals surface area contributed by atoms with Gasteiger partial charge in [0.1, 0.15) is 0 Å². The Kier molecular flexibility index (Phi) is 0.898. The van der Waals surface area contributed by atoms with Crippen LogP contribution in [0.5, 0.6) is 0 Å². The first-order valence-electron chi connectivity index (χ1n) is 4.92. The van der Waals surface area contributed by atoms with E-state index in [9.17, 15) is 0 Å². The van der Waals surface area contributed by atoms with E-state index >= 15 is 0 Å². The number of fused-ring (bicyclic) bond motifs is 1. The van der Waals surface area contributed by atoms with E-state index in [4.69, 9.17) is 0 Å². The zero-order chi connectivity index (χ0) is 6.72. The largest absolute Gasteiger partial charge is 0.0651 e. The molecule has 0 aliphatic heterocycles. The van der Waals surface area contributed by atoms with Crippen molar-refractivity contribution in [3.05, 3.63) is 0 Å². The third-order valence-electron chi connectivity index (χ3n) is 4.41. The second-order valence-electron chi connectivity index (χ2n) is 4.55. The van der Waals surface area contributed by atoms with Crippen LogP contribution in [0.3, 0.4) is 0 Å². The van der Waals surface area contributed by atoms with Crippen LogP contribution < -0.4 is 0 Å². The summed E-state index contributed by atoms with van der Waals surface area (Å²) in [6.07, 6.45) is 6.27. The lowest BCUT2D eigenvalue weighted by atomic mass is 9.77. The van der Waals surface area contributed by atoms with Crippen LogP contribution in [0.25, 0.3) is 0 Å². The van der Waals surface area contributed by atoms with Gasteiger partial charge in [0.15, 0.2) is 0 Å². The molecule has 0 N–H and O–H groups in total. The van der Waals surface area contributed by atoms with Gasteiger partial charge in [0, 0.05) is 0 Å². The van der Waals surface area contributed by atoms with Gasteiger partial charge in [0.2, 0.25) is 0 Å². The molecule has 4 fully saturated rings. The van der Waals surface area contributed by atoms with Crippen LogP contribution >= 0.6 is 0 Å². The van der Waals surface area contributed by atoms with E-state index in [2.05, 4.69) is 6.92 Å². The van der Waals surface area contributed by atoms with Gasteiger partial charge in [-0.1, -0.05) is 13.3 Å². The molecule has 0 saturated heterocycles. The number of hydrogen-bond donors (Lipinski definition) is 0. The molecule has 0 spiro atoms. The van der Waals surface area contributed by atoms with Gasteiger partial charge in [-0.25, -0.2) is 0 Å². The molecular weight excluding hydrogens is 120 g/mol. The SMILES string of the molecule is CCC1C2CCC3C(C2)C13. The molecule has 0 nitrogen and oxygen atoms in total. The van der Waals surface area contributed by atoms with Gasteiger partial charge in [0.05, 0.1) is 0 Å². The van der Waals surface area contributed by atoms with Crippen LogP contribution in [-0.4, -0.2) is 0 Å². The molecule has 0 aromatic carbocycles. The highest BCUT2D eigenvalue weighted by Crippen LogP contribution is 2.70. The predicted octanol–water partition coefficient (Wildman–Crippen LogP) is 2.69. The normalized spacial score (nSPS) is 62.7. The van der Waals surface area contributed by atoms with Crippen molar-refractivity contribution in [3.63, 3.8) is 0 Å². The lowest BCUT2D eigenvalue weighted by molar-refractivity contribution is 0.217. The van der Waals surface area contributed by atoms with E-state index in [1.165, 1.54) is 36.0 Å². The van der Waals surface area contributed by atoms with Crippen LogP contribution in [0.2, 0.25) is 0 Å². The molecule has 4 bridgehead atoms. The Labute approximate surface area is 63.0 Å². The van der Waals surface area contributed by atoms with Crippen LogP contribution in [0.1, 0.15) is 32.6 Å². The maximum atomic E-state index is 2.39. The summed E-state index contributed by atoms with van der Waals surface area (Å²) in [4.78, 5) is 0. The summed E-state index contributed by atoms with van der Waals surface area (Å²) in [5.74, 6) is 6.01. The fourth-order valence-electron chi connectivity index (χ4n) is 4.03. The summed E-state index contributed by atoms with van der Waals surface area (Å²) in [6.45, 7) is 2.39. The molecule has 5 unspecified atom stereocenters. The monoisotopic (exact) mass is 136 g/mol. The van der Waals surface area contributed by atoms with Gasteiger partial charge >= 0.3 is 0 Å². The topological polar surface area (TPSA) is 0 Å². The highest BCUT2D eigenvalue weighted by Gasteiger charge is 2.63. The Morgan fingerprint density at radius 2 is 2.10 bits per heavy atom. The van der Waals surface area contributed by atoms with E-state index in [0.29, 0.717) is 0 Å². The first kappa shape index (κ1) is 5.62. The number of hydrogen-bond acceptors (Lipinski definition) is 0. The molecule has 0 aromatic heterocycles. The third-order valence-corrected chi connectivity index (χ3v) is 4.41. The van der Waals surface area contributed by atoms with E-state index in [1.807, 2.05) is 0 Å². The highest BCUT2D eigenvalue weighted by molar-refractivity contribution is 5.11. The van der Waals surface area contributed by atoms with Crippen molar-refractivity contribution in [2.24, 2.45) is 29.6 Å². The zero-order valence-electron chi connectivity index (χ0n) is 6.72. The van der Waals surface area contributed by atoms with Crippen LogP contribution in [0, 0.1) is 29.6 Å². The van der Waals surface area contributed by atoms with Gasteiger partial charge in [-0.2, -0.15) is 0 Å². The molecule has 0 heteroatoms. The summed E-state index contributed by atoms with van der Waals surface area (Å²) in [6, 6.07) is 0. The van der Waals surface area contributed by atoms with Gasteiger partial charge in [-0.05, 0) is 48.9 Å². The quantitative estimate of drug-likeness (QED) is 0.520. The Balaban J connectivity index is 1.89. The first-order valence-corrected chi connectivity index (χ1v) is 4.92. The average molecular weight is 136 g/mol. The van der Waals surface area contributed by atoms with E-state index < -0.39 is 0 Å². The first-order chi connectivity index (χ1) is 4.92. The Bertz CT molecular complexity index is 155. The molecule has 56 valence electrons. The molecule has 4 aliphatic carbocycles. The minimum atomic E-state index is 1.17. The van der Waals surface area contributed by atoms with Crippen molar-refractivity contribution < 1.29 is 0 Å². The Morgan fingerprint density at radius 1 is 1.20 bits per heavy atom. The average Bonchev–Trinajstić information content (AvgIpc) is 2.60. The molecule has 4 saturated carbocycles. The standard InChI is InChI=1S/C10H16/c1-2-7-6-3-4-8-9(5-6)10(7)8/h6-10H,2-5H2,1H3. The van der Waals surface area contributed by atoms with Gasteiger partial charge in [0.25, 0.3) is 0 Å². The lowest BCUT2D eigenvalue weighted by Crippen LogP contribution is -2.19. The zero-order valence-corrected chi connectivity index (χ0v) is 6.72. The maximum Gasteiger partial charge on any atom is -0.0321 e. The molecule has 4 aliphatic rings. The molecule has 5 atom stereocenters. The Morgan fingerprint density at radius 3 is 2.50 bits per heavy atom. The minimum Gasteiger partial charge on any atom is -0.0651 e. The van der Waals surface area contributed by atoms with Crippen LogP contribution in [0.15, 0.2) is 0 Å². The van der Waals surface area contributed by atoms with Gasteiger partial charge in [-0.15, -0.1) is 0 Å². The van der Waals surface area contributed by atoms with Gasteiger partial charge < -0.3 is 0 Å². The summed E-state index contributed by atoms with van der Waals surface area (Å²) in [5, 5.41) is 0. The van der Waals surface area contributed by atoms with E-state index in [-0.39, 0.29) is 0 Å². The second kappa shape index (κ2) is 1.60. The van der Waals surface area contributed by atoms with E-state index in [1.54, 1.807) is 19.3 Å².